The molecule has 2 fully saturated rings. The number of anilines is 2. The van der Waals surface area contributed by atoms with E-state index in [1.54, 1.807) is 29.2 Å². The summed E-state index contributed by atoms with van der Waals surface area (Å²) in [4.78, 5) is 47.5. The van der Waals surface area contributed by atoms with Crippen molar-refractivity contribution in [2.75, 3.05) is 36.0 Å². The van der Waals surface area contributed by atoms with Crippen LogP contribution in [0.4, 0.5) is 16.0 Å². The summed E-state index contributed by atoms with van der Waals surface area (Å²) >= 11 is 6.85. The van der Waals surface area contributed by atoms with Crippen molar-refractivity contribution in [2.24, 2.45) is 0 Å². The van der Waals surface area contributed by atoms with Gasteiger partial charge in [0.1, 0.15) is 17.5 Å². The Hall–Kier alpha value is -4.31. The fraction of sp³-hybridized carbons (Fsp3) is 0.382. The van der Waals surface area contributed by atoms with Crippen LogP contribution in [-0.4, -0.2) is 68.6 Å². The number of carbonyl (C=O) groups is 1. The lowest BCUT2D eigenvalue weighted by molar-refractivity contribution is -0.128. The average molecular weight is 630 g/mol. The van der Waals surface area contributed by atoms with Crippen LogP contribution >= 0.6 is 11.6 Å². The Labute approximate surface area is 267 Å². The Morgan fingerprint density at radius 1 is 1.09 bits per heavy atom. The number of aryl methyl sites for hydroxylation is 1. The number of rotatable bonds is 6. The van der Waals surface area contributed by atoms with Gasteiger partial charge in [-0.25, -0.2) is 23.7 Å². The van der Waals surface area contributed by atoms with Crippen LogP contribution in [0, 0.1) is 12.7 Å². The molecular weight excluding hydrogens is 593 g/mol. The number of aromatic nitrogens is 4. The fourth-order valence-corrected chi connectivity index (χ4v) is 6.54. The van der Waals surface area contributed by atoms with Gasteiger partial charge in [-0.15, -0.1) is 0 Å². The van der Waals surface area contributed by atoms with E-state index in [9.17, 15) is 9.59 Å². The zero-order valence-electron chi connectivity index (χ0n) is 26.2. The summed E-state index contributed by atoms with van der Waals surface area (Å²) in [6, 6.07) is 9.68. The van der Waals surface area contributed by atoms with E-state index in [2.05, 4.69) is 16.5 Å². The lowest BCUT2D eigenvalue weighted by atomic mass is 10.0. The first-order chi connectivity index (χ1) is 21.5. The maximum atomic E-state index is 15.1. The van der Waals surface area contributed by atoms with Crippen molar-refractivity contribution in [3.63, 3.8) is 0 Å². The zero-order valence-corrected chi connectivity index (χ0v) is 27.0. The predicted octanol–water partition coefficient (Wildman–Crippen LogP) is 5.89. The standard InChI is InChI=1S/C34H37ClFN7O2/c1-7-28(44)41-17-22(6)42(18-21(41)5)32-24-16-25(35)30(23-11-8-9-12-26(23)36)38-33(24)43(34(45)39-32)31-20(4)15-27(40-13-10-14-40)37-29(31)19(2)3/h7-9,11-12,15-16,19,21-22H,1,10,13-14,17-18H2,2-6H3/t21-,22+/m1/s1. The number of nitrogens with zero attached hydrogens (tertiary/aromatic N) is 7. The lowest BCUT2D eigenvalue weighted by Gasteiger charge is -2.44. The first-order valence-corrected chi connectivity index (χ1v) is 15.7. The Bertz CT molecular complexity index is 1890. The van der Waals surface area contributed by atoms with E-state index in [-0.39, 0.29) is 40.2 Å². The normalized spacial score (nSPS) is 18.4. The number of halogens is 2. The molecule has 11 heteroatoms. The molecule has 2 saturated heterocycles. The molecule has 0 unspecified atom stereocenters. The lowest BCUT2D eigenvalue weighted by Crippen LogP contribution is -2.58. The molecule has 1 amide bonds. The molecule has 9 nitrogen and oxygen atoms in total. The number of benzene rings is 1. The third kappa shape index (κ3) is 5.35. The molecule has 4 aromatic rings. The van der Waals surface area contributed by atoms with Crippen LogP contribution in [0.2, 0.25) is 5.02 Å². The van der Waals surface area contributed by atoms with Gasteiger partial charge in [0.05, 0.1) is 27.5 Å². The van der Waals surface area contributed by atoms with Crippen LogP contribution in [0.5, 0.6) is 0 Å². The quantitative estimate of drug-likeness (QED) is 0.246. The number of piperazine rings is 1. The van der Waals surface area contributed by atoms with Crippen LogP contribution in [-0.2, 0) is 4.79 Å². The Kier molecular flexibility index (Phi) is 8.11. The van der Waals surface area contributed by atoms with Crippen molar-refractivity contribution in [3.8, 4) is 16.9 Å². The summed E-state index contributed by atoms with van der Waals surface area (Å²) < 4.78 is 16.6. The van der Waals surface area contributed by atoms with E-state index in [1.807, 2.05) is 45.6 Å². The monoisotopic (exact) mass is 629 g/mol. The minimum atomic E-state index is -0.528. The third-order valence-electron chi connectivity index (χ3n) is 8.79. The number of hydrogen-bond donors (Lipinski definition) is 0. The highest BCUT2D eigenvalue weighted by Gasteiger charge is 2.34. The first kappa shape index (κ1) is 30.7. The summed E-state index contributed by atoms with van der Waals surface area (Å²) in [5.41, 5.74) is 2.45. The minimum absolute atomic E-state index is 0.0174. The van der Waals surface area contributed by atoms with Crippen LogP contribution in [0.15, 0.2) is 53.8 Å². The minimum Gasteiger partial charge on any atom is -0.356 e. The van der Waals surface area contributed by atoms with Crippen molar-refractivity contribution in [1.82, 2.24) is 24.4 Å². The molecule has 0 spiro atoms. The molecule has 3 aromatic heterocycles. The van der Waals surface area contributed by atoms with Gasteiger partial charge in [0.25, 0.3) is 0 Å². The molecular formula is C34H37ClFN7O2. The van der Waals surface area contributed by atoms with Gasteiger partial charge in [-0.3, -0.25) is 4.79 Å². The van der Waals surface area contributed by atoms with Gasteiger partial charge in [-0.05, 0) is 69.0 Å². The summed E-state index contributed by atoms with van der Waals surface area (Å²) in [5.74, 6) is 0.661. The highest BCUT2D eigenvalue weighted by atomic mass is 35.5. The number of hydrogen-bond acceptors (Lipinski definition) is 7. The fourth-order valence-electron chi connectivity index (χ4n) is 6.29. The molecule has 1 aromatic carbocycles. The Morgan fingerprint density at radius 3 is 2.47 bits per heavy atom. The van der Waals surface area contributed by atoms with Crippen LogP contribution in [0.25, 0.3) is 28.0 Å². The van der Waals surface area contributed by atoms with Crippen molar-refractivity contribution < 1.29 is 9.18 Å². The number of pyridine rings is 2. The predicted molar refractivity (Wildman–Crippen MR) is 177 cm³/mol. The van der Waals surface area contributed by atoms with Crippen molar-refractivity contribution in [2.45, 2.75) is 59.0 Å². The van der Waals surface area contributed by atoms with E-state index in [0.29, 0.717) is 35.6 Å². The summed E-state index contributed by atoms with van der Waals surface area (Å²) in [5, 5.41) is 0.775. The van der Waals surface area contributed by atoms with E-state index in [4.69, 9.17) is 21.6 Å². The summed E-state index contributed by atoms with van der Waals surface area (Å²) in [6.07, 6.45) is 2.43. The van der Waals surface area contributed by atoms with E-state index in [1.165, 1.54) is 16.7 Å². The highest BCUT2D eigenvalue weighted by molar-refractivity contribution is 6.33. The summed E-state index contributed by atoms with van der Waals surface area (Å²) in [7, 11) is 0. The second-order valence-electron chi connectivity index (χ2n) is 12.3. The molecule has 0 radical (unpaired) electrons. The number of carbonyl (C=O) groups excluding carboxylic acids is 1. The molecule has 5 heterocycles. The van der Waals surface area contributed by atoms with Gasteiger partial charge in [-0.2, -0.15) is 4.98 Å². The molecule has 0 bridgehead atoms. The smallest absolute Gasteiger partial charge is 0.355 e. The molecule has 0 saturated carbocycles. The van der Waals surface area contributed by atoms with E-state index < -0.39 is 11.5 Å². The van der Waals surface area contributed by atoms with E-state index in [0.717, 1.165) is 36.6 Å². The molecule has 6 rings (SSSR count). The van der Waals surface area contributed by atoms with Gasteiger partial charge >= 0.3 is 5.69 Å². The van der Waals surface area contributed by atoms with Gasteiger partial charge in [-0.1, -0.05) is 44.2 Å². The van der Waals surface area contributed by atoms with Crippen LogP contribution < -0.4 is 15.5 Å². The highest BCUT2D eigenvalue weighted by Crippen LogP contribution is 2.37. The van der Waals surface area contributed by atoms with Crippen LogP contribution in [0.3, 0.4) is 0 Å². The Balaban J connectivity index is 1.63. The molecule has 2 aliphatic rings. The second-order valence-corrected chi connectivity index (χ2v) is 12.7. The molecule has 0 aliphatic carbocycles. The van der Waals surface area contributed by atoms with Crippen molar-refractivity contribution in [3.05, 3.63) is 81.6 Å². The topological polar surface area (TPSA) is 87.5 Å². The molecule has 0 N–H and O–H groups in total. The number of amides is 1. The second kappa shape index (κ2) is 11.9. The maximum Gasteiger partial charge on any atom is 0.355 e. The van der Waals surface area contributed by atoms with E-state index >= 15 is 4.39 Å². The number of fused-ring (bicyclic) bond motifs is 1. The van der Waals surface area contributed by atoms with Gasteiger partial charge in [0.2, 0.25) is 5.91 Å². The van der Waals surface area contributed by atoms with Crippen molar-refractivity contribution in [1.29, 1.82) is 0 Å². The van der Waals surface area contributed by atoms with Crippen molar-refractivity contribution >= 4 is 40.2 Å². The van der Waals surface area contributed by atoms with Gasteiger partial charge in [0, 0.05) is 43.8 Å². The molecule has 2 atom stereocenters. The van der Waals surface area contributed by atoms with Gasteiger partial charge in [0.15, 0.2) is 5.65 Å². The summed E-state index contributed by atoms with van der Waals surface area (Å²) in [6.45, 7) is 16.4. The largest absolute Gasteiger partial charge is 0.356 e. The SMILES string of the molecule is C=CC(=O)N1C[C@H](C)N(c2nc(=O)n(-c3c(C)cc(N4CCC4)nc3C(C)C)c3nc(-c4ccccc4F)c(Cl)cc23)C[C@H]1C. The third-order valence-corrected chi connectivity index (χ3v) is 9.08. The maximum absolute atomic E-state index is 15.1. The molecule has 2 aliphatic heterocycles. The molecule has 45 heavy (non-hydrogen) atoms. The Morgan fingerprint density at radius 2 is 1.82 bits per heavy atom. The van der Waals surface area contributed by atoms with Crippen LogP contribution in [0.1, 0.15) is 51.3 Å². The van der Waals surface area contributed by atoms with Gasteiger partial charge < -0.3 is 14.7 Å². The zero-order chi connectivity index (χ0) is 32.2. The molecule has 234 valence electrons. The average Bonchev–Trinajstić information content (AvgIpc) is 2.97. The first-order valence-electron chi connectivity index (χ1n) is 15.3.